The van der Waals surface area contributed by atoms with E-state index in [0.29, 0.717) is 18.3 Å². The van der Waals surface area contributed by atoms with Gasteiger partial charge in [0, 0.05) is 6.42 Å². The zero-order valence-corrected chi connectivity index (χ0v) is 19.4. The summed E-state index contributed by atoms with van der Waals surface area (Å²) in [5.41, 5.74) is 4.18. The Morgan fingerprint density at radius 1 is 0.893 bits per heavy atom. The molecule has 1 aliphatic carbocycles. The van der Waals surface area contributed by atoms with Crippen LogP contribution in [0.4, 0.5) is 0 Å². The predicted molar refractivity (Wildman–Crippen MR) is 125 cm³/mol. The second-order valence-corrected chi connectivity index (χ2v) is 9.44. The summed E-state index contributed by atoms with van der Waals surface area (Å²) in [6.45, 7) is 11.2. The maximum atomic E-state index is 10.5. The fourth-order valence-electron chi connectivity index (χ4n) is 4.30. The van der Waals surface area contributed by atoms with Gasteiger partial charge in [-0.05, 0) is 89.9 Å². The zero-order valence-electron chi connectivity index (χ0n) is 20.4. The molecule has 1 nitrogen and oxygen atoms in total. The molecule has 28 heavy (non-hydrogen) atoms. The summed E-state index contributed by atoms with van der Waals surface area (Å²) in [5, 5.41) is 0. The maximum absolute atomic E-state index is 10.5. The normalized spacial score (nSPS) is 22.9. The van der Waals surface area contributed by atoms with Gasteiger partial charge in [0.15, 0.2) is 0 Å². The van der Waals surface area contributed by atoms with E-state index in [1.807, 2.05) is 0 Å². The summed E-state index contributed by atoms with van der Waals surface area (Å²) in [6, 6.07) is 0.854. The molecular weight excluding hydrogens is 340 g/mol. The number of allylic oxidation sites excluding steroid dienone is 6. The van der Waals surface area contributed by atoms with Gasteiger partial charge in [0.25, 0.3) is 0 Å². The fourth-order valence-corrected chi connectivity index (χ4v) is 4.30. The lowest BCUT2D eigenvalue weighted by molar-refractivity contribution is -0.107. The average molecular weight is 388 g/mol. The van der Waals surface area contributed by atoms with E-state index in [4.69, 9.17) is 1.37 Å². The molecule has 0 heterocycles. The predicted octanol–water partition coefficient (Wildman–Crippen LogP) is 8.61. The molecule has 0 aromatic heterocycles. The van der Waals surface area contributed by atoms with Crippen LogP contribution in [0, 0.1) is 17.8 Å². The second-order valence-electron chi connectivity index (χ2n) is 9.44. The molecule has 1 fully saturated rings. The van der Waals surface area contributed by atoms with Crippen molar-refractivity contribution in [1.82, 2.24) is 0 Å². The number of hydrogen-bond donors (Lipinski definition) is 0. The van der Waals surface area contributed by atoms with Crippen molar-refractivity contribution < 1.29 is 6.17 Å². The molecule has 0 N–H and O–H groups in total. The van der Waals surface area contributed by atoms with E-state index in [0.717, 1.165) is 50.4 Å². The van der Waals surface area contributed by atoms with Gasteiger partial charge in [0.1, 0.15) is 6.29 Å². The van der Waals surface area contributed by atoms with Crippen LogP contribution in [-0.2, 0) is 4.79 Å². The van der Waals surface area contributed by atoms with Gasteiger partial charge in [0.2, 0.25) is 0 Å². The molecule has 1 aliphatic rings. The second kappa shape index (κ2) is 14.8. The number of carbonyl (C=O) groups is 1. The smallest absolute Gasteiger partial charge is 0.120 e. The molecule has 0 aromatic carbocycles. The lowest BCUT2D eigenvalue weighted by Crippen LogP contribution is -2.16. The van der Waals surface area contributed by atoms with Gasteiger partial charge in [-0.3, -0.25) is 0 Å². The Balaban J connectivity index is 2.59. The van der Waals surface area contributed by atoms with Crippen molar-refractivity contribution in [2.24, 2.45) is 17.8 Å². The van der Waals surface area contributed by atoms with Crippen LogP contribution in [0.1, 0.15) is 113 Å². The summed E-state index contributed by atoms with van der Waals surface area (Å²) in [7, 11) is 0. The third-order valence-electron chi connectivity index (χ3n) is 6.04. The Labute approximate surface area is 177 Å². The van der Waals surface area contributed by atoms with E-state index in [9.17, 15) is 4.79 Å². The van der Waals surface area contributed by atoms with Crippen molar-refractivity contribution in [3.63, 3.8) is 0 Å². The highest BCUT2D eigenvalue weighted by Gasteiger charge is 2.21. The Bertz CT molecular complexity index is 567. The van der Waals surface area contributed by atoms with E-state index in [-0.39, 0.29) is 0 Å². The van der Waals surface area contributed by atoms with Crippen molar-refractivity contribution in [2.45, 2.75) is 112 Å². The van der Waals surface area contributed by atoms with Crippen molar-refractivity contribution in [2.75, 3.05) is 0 Å². The highest BCUT2D eigenvalue weighted by molar-refractivity contribution is 5.49. The van der Waals surface area contributed by atoms with Crippen LogP contribution in [0.3, 0.4) is 0 Å². The lowest BCUT2D eigenvalue weighted by Gasteiger charge is -2.28. The van der Waals surface area contributed by atoms with Crippen LogP contribution in [0.15, 0.2) is 34.9 Å². The molecule has 0 unspecified atom stereocenters. The monoisotopic (exact) mass is 387 g/mol. The minimum atomic E-state index is 0.648. The first-order valence-electron chi connectivity index (χ1n) is 12.3. The lowest BCUT2D eigenvalue weighted by atomic mass is 9.77. The third-order valence-corrected chi connectivity index (χ3v) is 6.04. The molecule has 0 aliphatic heterocycles. The molecule has 0 aromatic rings. The highest BCUT2D eigenvalue weighted by atomic mass is 16.1. The molecule has 1 heteroatoms. The Morgan fingerprint density at radius 3 is 2.04 bits per heavy atom. The molecule has 0 radical (unpaired) electrons. The van der Waals surface area contributed by atoms with E-state index in [1.165, 1.54) is 55.2 Å². The van der Waals surface area contributed by atoms with Gasteiger partial charge >= 0.3 is 0 Å². The first-order chi connectivity index (χ1) is 13.8. The van der Waals surface area contributed by atoms with E-state index in [1.54, 1.807) is 0 Å². The van der Waals surface area contributed by atoms with Crippen molar-refractivity contribution in [3.8, 4) is 0 Å². The highest BCUT2D eigenvalue weighted by Crippen LogP contribution is 2.34. The van der Waals surface area contributed by atoms with Crippen LogP contribution in [-0.4, -0.2) is 6.29 Å². The van der Waals surface area contributed by atoms with E-state index in [2.05, 4.69) is 46.8 Å². The number of rotatable bonds is 13. The summed E-state index contributed by atoms with van der Waals surface area (Å²) in [5.74, 6) is 2.06. The standard InChI is InChI=1S/C27H46O/c1-22(2)12-10-14-23(3)15-11-16-25(5)21-27-18-7-6-17-26(27)20-24(4)13-8-9-19-28/h15,19-22,26-27H,6-14,16-18H2,1-5H3/b23-15+,24-20+,25-21+/t26-,27-/m0/s1/i15D. The summed E-state index contributed by atoms with van der Waals surface area (Å²) in [6.07, 6.45) is 19.4. The molecule has 0 saturated heterocycles. The largest absolute Gasteiger partial charge is 0.303 e. The molecule has 2 atom stereocenters. The van der Waals surface area contributed by atoms with Crippen molar-refractivity contribution >= 4 is 6.29 Å². The van der Waals surface area contributed by atoms with Crippen LogP contribution in [0.25, 0.3) is 0 Å². The number of hydrogen-bond acceptors (Lipinski definition) is 1. The molecule has 160 valence electrons. The molecule has 0 amide bonds. The first-order valence-corrected chi connectivity index (χ1v) is 11.8. The van der Waals surface area contributed by atoms with Gasteiger partial charge in [-0.2, -0.15) is 0 Å². The molecular formula is C27H46O. The van der Waals surface area contributed by atoms with Gasteiger partial charge in [-0.1, -0.05) is 68.0 Å². The SMILES string of the molecule is [2H]/C(CC/C(C)=C/[C@@H]1CCCC[C@H]1/C=C(\C)CCCC=O)=C(/C)CCCC(C)C. The topological polar surface area (TPSA) is 17.1 Å². The van der Waals surface area contributed by atoms with Crippen LogP contribution in [0.2, 0.25) is 0 Å². The molecule has 0 spiro atoms. The summed E-state index contributed by atoms with van der Waals surface area (Å²) >= 11 is 0. The van der Waals surface area contributed by atoms with E-state index < -0.39 is 0 Å². The third kappa shape index (κ3) is 11.7. The van der Waals surface area contributed by atoms with Crippen molar-refractivity contribution in [1.29, 1.82) is 0 Å². The van der Waals surface area contributed by atoms with Crippen LogP contribution >= 0.6 is 0 Å². The average Bonchev–Trinajstić information content (AvgIpc) is 2.67. The fraction of sp³-hybridized carbons (Fsp3) is 0.741. The van der Waals surface area contributed by atoms with Gasteiger partial charge < -0.3 is 4.79 Å². The number of carbonyl (C=O) groups excluding carboxylic acids is 1. The van der Waals surface area contributed by atoms with Crippen LogP contribution in [0.5, 0.6) is 0 Å². The van der Waals surface area contributed by atoms with Gasteiger partial charge in [-0.25, -0.2) is 0 Å². The Hall–Kier alpha value is -1.11. The van der Waals surface area contributed by atoms with Gasteiger partial charge in [-0.15, -0.1) is 0 Å². The zero-order chi connectivity index (χ0) is 21.6. The Kier molecular flexibility index (Phi) is 12.3. The Morgan fingerprint density at radius 2 is 1.46 bits per heavy atom. The quantitative estimate of drug-likeness (QED) is 0.176. The minimum absolute atomic E-state index is 0.648. The molecule has 0 bridgehead atoms. The maximum Gasteiger partial charge on any atom is 0.120 e. The van der Waals surface area contributed by atoms with Gasteiger partial charge in [0.05, 0.1) is 1.37 Å². The number of unbranched alkanes of at least 4 members (excludes halogenated alkanes) is 1. The summed E-state index contributed by atoms with van der Waals surface area (Å²) in [4.78, 5) is 10.5. The molecule has 1 saturated carbocycles. The number of aldehydes is 1. The first kappa shape index (κ1) is 23.2. The van der Waals surface area contributed by atoms with Crippen molar-refractivity contribution in [3.05, 3.63) is 34.9 Å². The molecule has 1 rings (SSSR count). The summed E-state index contributed by atoms with van der Waals surface area (Å²) < 4.78 is 8.41. The minimum Gasteiger partial charge on any atom is -0.303 e. The van der Waals surface area contributed by atoms with Crippen LogP contribution < -0.4 is 0 Å². The van der Waals surface area contributed by atoms with E-state index >= 15 is 0 Å².